The van der Waals surface area contributed by atoms with Gasteiger partial charge in [0.25, 0.3) is 0 Å². The molecule has 6 aromatic carbocycles. The fourth-order valence-electron chi connectivity index (χ4n) is 5.39. The smallest absolute Gasteiger partial charge is 0.00671 e. The zero-order valence-corrected chi connectivity index (χ0v) is 32.5. The van der Waals surface area contributed by atoms with Gasteiger partial charge in [0.1, 0.15) is 0 Å². The van der Waals surface area contributed by atoms with E-state index < -0.39 is 0 Å². The third kappa shape index (κ3) is 15.6. The van der Waals surface area contributed by atoms with E-state index in [1.807, 2.05) is 0 Å². The Morgan fingerprint density at radius 2 is 0.404 bits per heavy atom. The molecule has 6 aromatic rings. The standard InChI is InChI=1S/2C21H21P.2BrH.Ni/c2*1-4-10-19(11-5-1)16-22(17-20-12-6-2-7-13-20)18-21-14-8-3-9-15-21;;;/h2*1-15H,16-18H2;2*1H;/q;;;;+2/p-2. The van der Waals surface area contributed by atoms with Crippen molar-refractivity contribution >= 4 is 44.3 Å². The van der Waals surface area contributed by atoms with Gasteiger partial charge in [0.15, 0.2) is 0 Å². The summed E-state index contributed by atoms with van der Waals surface area (Å²) >= 11 is 6.00. The average molecular weight is 827 g/mol. The van der Waals surface area contributed by atoms with Crippen molar-refractivity contribution in [3.63, 3.8) is 0 Å². The molecule has 0 atom stereocenters. The molecule has 0 spiro atoms. The molecule has 6 rings (SSSR count). The van der Waals surface area contributed by atoms with Crippen molar-refractivity contribution in [1.29, 1.82) is 0 Å². The first-order chi connectivity index (χ1) is 23.2. The molecule has 5 heteroatoms. The maximum absolute atomic E-state index is 3.00. The predicted molar refractivity (Wildman–Crippen MR) is 213 cm³/mol. The Balaban J connectivity index is 0.000000197. The van der Waals surface area contributed by atoms with Gasteiger partial charge in [-0.05, 0) is 70.4 Å². The number of hydrogen-bond acceptors (Lipinski definition) is 0. The summed E-state index contributed by atoms with van der Waals surface area (Å²) in [6.07, 6.45) is 7.17. The number of halogens is 2. The van der Waals surface area contributed by atoms with Gasteiger partial charge >= 0.3 is 39.3 Å². The van der Waals surface area contributed by atoms with E-state index in [1.54, 1.807) is 0 Å². The summed E-state index contributed by atoms with van der Waals surface area (Å²) in [4.78, 5) is 0. The van der Waals surface area contributed by atoms with E-state index in [-0.39, 0.29) is 15.8 Å². The van der Waals surface area contributed by atoms with Crippen LogP contribution in [-0.2, 0) is 47.9 Å². The van der Waals surface area contributed by atoms with Gasteiger partial charge in [0, 0.05) is 0 Å². The number of benzene rings is 6. The molecule has 0 nitrogen and oxygen atoms in total. The largest absolute Gasteiger partial charge is 0.0932 e. The van der Waals surface area contributed by atoms with Crippen LogP contribution in [0.4, 0.5) is 0 Å². The Morgan fingerprint density at radius 1 is 0.277 bits per heavy atom. The number of rotatable bonds is 12. The first-order valence-corrected chi connectivity index (χ1v) is 24.4. The molecule has 47 heavy (non-hydrogen) atoms. The van der Waals surface area contributed by atoms with Crippen LogP contribution in [0.1, 0.15) is 33.4 Å². The molecule has 0 bridgehead atoms. The van der Waals surface area contributed by atoms with Gasteiger partial charge in [0.2, 0.25) is 0 Å². The zero-order chi connectivity index (χ0) is 32.8. The van der Waals surface area contributed by atoms with Crippen LogP contribution < -0.4 is 0 Å². The van der Waals surface area contributed by atoms with Crippen LogP contribution in [0.3, 0.4) is 0 Å². The molecule has 0 fully saturated rings. The summed E-state index contributed by atoms with van der Waals surface area (Å²) in [6, 6.07) is 65.4. The van der Waals surface area contributed by atoms with Gasteiger partial charge in [-0.3, -0.25) is 0 Å². The van der Waals surface area contributed by atoms with E-state index in [0.29, 0.717) is 0 Å². The van der Waals surface area contributed by atoms with E-state index in [9.17, 15) is 0 Å². The molecule has 0 aliphatic rings. The van der Waals surface area contributed by atoms with Gasteiger partial charge in [-0.1, -0.05) is 198 Å². The van der Waals surface area contributed by atoms with Crippen molar-refractivity contribution in [2.24, 2.45) is 0 Å². The molecule has 0 saturated carbocycles. The van der Waals surface area contributed by atoms with Gasteiger partial charge < -0.3 is 0 Å². The second-order valence-corrected chi connectivity index (χ2v) is 20.8. The van der Waals surface area contributed by atoms with Gasteiger partial charge in [-0.25, -0.2) is 0 Å². The van der Waals surface area contributed by atoms with Crippen LogP contribution >= 0.6 is 44.3 Å². The topological polar surface area (TPSA) is 0 Å². The molecule has 0 aliphatic heterocycles. The van der Waals surface area contributed by atoms with Crippen LogP contribution in [-0.4, -0.2) is 0 Å². The first kappa shape index (κ1) is 37.5. The Bertz CT molecular complexity index is 1290. The van der Waals surface area contributed by atoms with E-state index >= 15 is 0 Å². The van der Waals surface area contributed by atoms with E-state index in [4.69, 9.17) is 0 Å². The van der Waals surface area contributed by atoms with Crippen molar-refractivity contribution in [1.82, 2.24) is 0 Å². The van der Waals surface area contributed by atoms with Crippen molar-refractivity contribution in [2.45, 2.75) is 37.0 Å². The van der Waals surface area contributed by atoms with Crippen LogP contribution in [0.5, 0.6) is 0 Å². The fraction of sp³-hybridized carbons (Fsp3) is 0.143. The summed E-state index contributed by atoms with van der Waals surface area (Å²) in [6.45, 7) is 0. The van der Waals surface area contributed by atoms with Crippen molar-refractivity contribution in [3.05, 3.63) is 215 Å². The third-order valence-electron chi connectivity index (χ3n) is 7.49. The average Bonchev–Trinajstić information content (AvgIpc) is 3.12. The van der Waals surface area contributed by atoms with Crippen molar-refractivity contribution in [2.75, 3.05) is 0 Å². The molecule has 0 N–H and O–H groups in total. The van der Waals surface area contributed by atoms with Crippen LogP contribution in [0.15, 0.2) is 182 Å². The third-order valence-corrected chi connectivity index (χ3v) is 12.4. The number of hydrogen-bond donors (Lipinski definition) is 0. The van der Waals surface area contributed by atoms with E-state index in [0.717, 1.165) is 0 Å². The summed E-state index contributed by atoms with van der Waals surface area (Å²) in [5, 5.41) is 0. The van der Waals surface area contributed by atoms with Crippen LogP contribution in [0, 0.1) is 0 Å². The maximum Gasteiger partial charge on any atom is -0.00671 e. The summed E-state index contributed by atoms with van der Waals surface area (Å²) in [5.41, 5.74) is 8.75. The Hall–Kier alpha value is -2.37. The minimum atomic E-state index is -0.0895. The van der Waals surface area contributed by atoms with Gasteiger partial charge in [0.05, 0.1) is 0 Å². The first-order valence-electron chi connectivity index (χ1n) is 15.7. The molecule has 0 saturated heterocycles. The molecule has 0 aliphatic carbocycles. The molecule has 0 radical (unpaired) electrons. The minimum absolute atomic E-state index is 0.0895. The summed E-state index contributed by atoms with van der Waals surface area (Å²) < 4.78 is 0. The fourth-order valence-corrected chi connectivity index (χ4v) is 10.4. The van der Waals surface area contributed by atoms with E-state index in [2.05, 4.69) is 210 Å². The predicted octanol–water partition coefficient (Wildman–Crippen LogP) is 13.8. The van der Waals surface area contributed by atoms with Crippen molar-refractivity contribution < 1.29 is 10.9 Å². The maximum atomic E-state index is 3.00. The second kappa shape index (κ2) is 23.1. The molecule has 244 valence electrons. The Labute approximate surface area is 305 Å². The minimum Gasteiger partial charge on any atom is -0.0932 e. The Kier molecular flexibility index (Phi) is 18.4. The molecular weight excluding hydrogens is 785 g/mol. The van der Waals surface area contributed by atoms with Gasteiger partial charge in [-0.2, -0.15) is 0 Å². The molecule has 0 heterocycles. The van der Waals surface area contributed by atoms with E-state index in [1.165, 1.54) is 81.3 Å². The molecule has 0 aromatic heterocycles. The monoisotopic (exact) mass is 824 g/mol. The van der Waals surface area contributed by atoms with Crippen LogP contribution in [0.2, 0.25) is 0 Å². The SMILES string of the molecule is [Br][Ni][Br].c1ccc(CP(Cc2ccccc2)Cc2ccccc2)cc1.c1ccc(CP(Cc2ccccc2)Cc2ccccc2)cc1. The zero-order valence-electron chi connectivity index (χ0n) is 26.5. The normalized spacial score (nSPS) is 10.6. The van der Waals surface area contributed by atoms with Crippen molar-refractivity contribution in [3.8, 4) is 0 Å². The quantitative estimate of drug-likeness (QED) is 0.0852. The molecule has 0 unspecified atom stereocenters. The summed E-state index contributed by atoms with van der Waals surface area (Å²) in [7, 11) is 1.07. The molecular formula is C42H42Br2NiP2. The van der Waals surface area contributed by atoms with Gasteiger partial charge in [-0.15, -0.1) is 0 Å². The van der Waals surface area contributed by atoms with Crippen LogP contribution in [0.25, 0.3) is 0 Å². The second-order valence-electron chi connectivity index (χ2n) is 11.2. The molecule has 0 amide bonds. The summed E-state index contributed by atoms with van der Waals surface area (Å²) in [5.74, 6) is 0. The Morgan fingerprint density at radius 3 is 0.532 bits per heavy atom.